The first kappa shape index (κ1) is 30.5. The van der Waals surface area contributed by atoms with Crippen molar-refractivity contribution in [2.24, 2.45) is 5.92 Å². The Kier molecular flexibility index (Phi) is 9.16. The third-order valence-electron chi connectivity index (χ3n) is 9.50. The molecule has 3 aliphatic rings. The van der Waals surface area contributed by atoms with Gasteiger partial charge in [0.05, 0.1) is 0 Å². The van der Waals surface area contributed by atoms with Crippen molar-refractivity contribution < 1.29 is 19.7 Å². The van der Waals surface area contributed by atoms with E-state index in [0.717, 1.165) is 31.6 Å². The Balaban J connectivity index is 0.000000433. The normalized spacial score (nSPS) is 22.8. The minimum absolute atomic E-state index is 0.693. The fourth-order valence-corrected chi connectivity index (χ4v) is 7.11. The molecule has 44 heavy (non-hydrogen) atoms. The maximum absolute atomic E-state index is 12.8. The van der Waals surface area contributed by atoms with Crippen molar-refractivity contribution in [3.05, 3.63) is 156 Å². The summed E-state index contributed by atoms with van der Waals surface area (Å²) < 4.78 is 13.7. The molecule has 0 radical (unpaired) electrons. The van der Waals surface area contributed by atoms with Crippen LogP contribution in [0.25, 0.3) is 0 Å². The van der Waals surface area contributed by atoms with E-state index in [0.29, 0.717) is 22.3 Å². The van der Waals surface area contributed by atoms with Gasteiger partial charge in [-0.15, -0.1) is 0 Å². The molecule has 2 N–H and O–H groups in total. The molecule has 1 aliphatic heterocycles. The molecule has 7 rings (SSSR count). The summed E-state index contributed by atoms with van der Waals surface area (Å²) in [6.45, 7) is 2.27. The molecule has 2 aliphatic carbocycles. The lowest BCUT2D eigenvalue weighted by Gasteiger charge is -2.42. The Hall–Kier alpha value is -3.54. The van der Waals surface area contributed by atoms with Gasteiger partial charge >= 0.3 is 0 Å². The zero-order chi connectivity index (χ0) is 30.5. The number of rotatable bonds is 6. The minimum atomic E-state index is -1.57. The van der Waals surface area contributed by atoms with Crippen molar-refractivity contribution in [3.8, 4) is 0 Å². The Labute approximate surface area is 262 Å². The highest BCUT2D eigenvalue weighted by Crippen LogP contribution is 2.54. The second-order valence-electron chi connectivity index (χ2n) is 12.5. The summed E-state index contributed by atoms with van der Waals surface area (Å²) in [5, 5.41) is 25.6. The Morgan fingerprint density at radius 2 is 0.932 bits per heavy atom. The molecular formula is C40H44O4. The Morgan fingerprint density at radius 3 is 1.20 bits per heavy atom. The molecule has 0 amide bonds. The largest absolute Gasteiger partial charge is 0.378 e. The van der Waals surface area contributed by atoms with E-state index >= 15 is 0 Å². The molecule has 1 saturated carbocycles. The molecule has 1 heterocycles. The van der Waals surface area contributed by atoms with Crippen LogP contribution in [-0.2, 0) is 20.7 Å². The molecule has 4 nitrogen and oxygen atoms in total. The van der Waals surface area contributed by atoms with Crippen LogP contribution in [-0.4, -0.2) is 28.2 Å². The van der Waals surface area contributed by atoms with Gasteiger partial charge in [-0.2, -0.15) is 0 Å². The predicted molar refractivity (Wildman–Crippen MR) is 175 cm³/mol. The maximum atomic E-state index is 12.8. The van der Waals surface area contributed by atoms with E-state index in [-0.39, 0.29) is 0 Å². The van der Waals surface area contributed by atoms with Crippen LogP contribution in [0, 0.1) is 5.92 Å². The Bertz CT molecular complexity index is 1300. The molecule has 2 fully saturated rings. The summed E-state index contributed by atoms with van der Waals surface area (Å²) in [5.74, 6) is -0.00141. The third-order valence-corrected chi connectivity index (χ3v) is 9.50. The second kappa shape index (κ2) is 13.2. The molecule has 1 saturated heterocycles. The van der Waals surface area contributed by atoms with Gasteiger partial charge in [-0.05, 0) is 60.3 Å². The SMILES string of the molecule is CC1C=CCCC1.OC(c1ccccc1)(c1ccccc1)[C@@H]1OC2(CCCC2)O[C@H]1C(O)(c1ccccc1)c1ccccc1. The van der Waals surface area contributed by atoms with Crippen LogP contribution >= 0.6 is 0 Å². The predicted octanol–water partition coefficient (Wildman–Crippen LogP) is 8.28. The van der Waals surface area contributed by atoms with Crippen molar-refractivity contribution in [2.75, 3.05) is 0 Å². The fourth-order valence-electron chi connectivity index (χ4n) is 7.11. The lowest BCUT2D eigenvalue weighted by Crippen LogP contribution is -2.54. The number of ether oxygens (including phenoxy) is 2. The van der Waals surface area contributed by atoms with E-state index in [2.05, 4.69) is 19.1 Å². The fraction of sp³-hybridized carbons (Fsp3) is 0.350. The molecule has 3 atom stereocenters. The van der Waals surface area contributed by atoms with Gasteiger partial charge in [0, 0.05) is 12.8 Å². The molecule has 1 unspecified atom stereocenters. The zero-order valence-electron chi connectivity index (χ0n) is 25.6. The quantitative estimate of drug-likeness (QED) is 0.223. The van der Waals surface area contributed by atoms with E-state index in [9.17, 15) is 10.2 Å². The number of hydrogen-bond acceptors (Lipinski definition) is 4. The summed E-state index contributed by atoms with van der Waals surface area (Å²) in [5.41, 5.74) is -0.374. The summed E-state index contributed by atoms with van der Waals surface area (Å²) in [6, 6.07) is 38.4. The highest BCUT2D eigenvalue weighted by molar-refractivity contribution is 5.43. The van der Waals surface area contributed by atoms with E-state index in [1.54, 1.807) is 0 Å². The molecule has 228 valence electrons. The molecular weight excluding hydrogens is 544 g/mol. The summed E-state index contributed by atoms with van der Waals surface area (Å²) in [6.07, 6.45) is 10.3. The van der Waals surface area contributed by atoms with Gasteiger partial charge in [-0.1, -0.05) is 140 Å². The van der Waals surface area contributed by atoms with Crippen LogP contribution in [0.3, 0.4) is 0 Å². The third kappa shape index (κ3) is 5.92. The van der Waals surface area contributed by atoms with Gasteiger partial charge < -0.3 is 19.7 Å². The van der Waals surface area contributed by atoms with Gasteiger partial charge in [0.1, 0.15) is 23.4 Å². The van der Waals surface area contributed by atoms with Gasteiger partial charge in [0.25, 0.3) is 0 Å². The van der Waals surface area contributed by atoms with E-state index in [4.69, 9.17) is 9.47 Å². The molecule has 4 heteroatoms. The Morgan fingerprint density at radius 1 is 0.568 bits per heavy atom. The van der Waals surface area contributed by atoms with Gasteiger partial charge in [-0.3, -0.25) is 0 Å². The minimum Gasteiger partial charge on any atom is -0.378 e. The maximum Gasteiger partial charge on any atom is 0.169 e. The lowest BCUT2D eigenvalue weighted by atomic mass is 9.72. The van der Waals surface area contributed by atoms with Crippen LogP contribution in [0.1, 0.15) is 74.1 Å². The average molecular weight is 589 g/mol. The van der Waals surface area contributed by atoms with Crippen LogP contribution in [0.15, 0.2) is 133 Å². The zero-order valence-corrected chi connectivity index (χ0v) is 25.6. The number of hydrogen-bond donors (Lipinski definition) is 2. The topological polar surface area (TPSA) is 58.9 Å². The smallest absolute Gasteiger partial charge is 0.169 e. The van der Waals surface area contributed by atoms with Crippen LogP contribution in [0.4, 0.5) is 0 Å². The summed E-state index contributed by atoms with van der Waals surface area (Å²) in [7, 11) is 0. The van der Waals surface area contributed by atoms with Crippen LogP contribution < -0.4 is 0 Å². The summed E-state index contributed by atoms with van der Waals surface area (Å²) >= 11 is 0. The van der Waals surface area contributed by atoms with E-state index in [1.807, 2.05) is 121 Å². The van der Waals surface area contributed by atoms with Crippen molar-refractivity contribution in [3.63, 3.8) is 0 Å². The van der Waals surface area contributed by atoms with Gasteiger partial charge in [-0.25, -0.2) is 0 Å². The molecule has 4 aromatic rings. The first-order chi connectivity index (χ1) is 21.5. The molecule has 4 aromatic carbocycles. The number of aliphatic hydroxyl groups is 2. The summed E-state index contributed by atoms with van der Waals surface area (Å²) in [4.78, 5) is 0. The monoisotopic (exact) mass is 588 g/mol. The first-order valence-corrected chi connectivity index (χ1v) is 16.1. The standard InChI is InChI=1S/C33H32O4.C7H12/c34-32(25-15-5-1-6-16-25,26-17-7-2-8-18-26)29-30(37-31(36-29)23-13-14-24-31)33(35,27-19-9-3-10-20-27)28-21-11-4-12-22-28;1-7-5-3-2-4-6-7/h1-12,15-22,29-30,34-35H,13-14,23-24H2;3,5,7H,2,4,6H2,1H3/t29-,30-;/m1./s1. The van der Waals surface area contributed by atoms with Gasteiger partial charge in [0.15, 0.2) is 5.79 Å². The lowest BCUT2D eigenvalue weighted by molar-refractivity contribution is -0.192. The average Bonchev–Trinajstić information content (AvgIpc) is 3.73. The van der Waals surface area contributed by atoms with Crippen LogP contribution in [0.2, 0.25) is 0 Å². The molecule has 0 bridgehead atoms. The van der Waals surface area contributed by atoms with E-state index in [1.165, 1.54) is 19.3 Å². The second-order valence-corrected chi connectivity index (χ2v) is 12.5. The van der Waals surface area contributed by atoms with Crippen molar-refractivity contribution >= 4 is 0 Å². The van der Waals surface area contributed by atoms with Crippen LogP contribution in [0.5, 0.6) is 0 Å². The number of allylic oxidation sites excluding steroid dienone is 2. The molecule has 1 spiro atoms. The first-order valence-electron chi connectivity index (χ1n) is 16.1. The van der Waals surface area contributed by atoms with Crippen molar-refractivity contribution in [1.82, 2.24) is 0 Å². The van der Waals surface area contributed by atoms with Crippen molar-refractivity contribution in [1.29, 1.82) is 0 Å². The van der Waals surface area contributed by atoms with Gasteiger partial charge in [0.2, 0.25) is 0 Å². The van der Waals surface area contributed by atoms with E-state index < -0.39 is 29.2 Å². The highest BCUT2D eigenvalue weighted by atomic mass is 16.8. The highest BCUT2D eigenvalue weighted by Gasteiger charge is 2.63. The van der Waals surface area contributed by atoms with Crippen molar-refractivity contribution in [2.45, 2.75) is 81.1 Å². The number of benzene rings is 4. The molecule has 0 aromatic heterocycles.